The number of rotatable bonds is 10. The molecule has 5 nitrogen and oxygen atoms in total. The Morgan fingerprint density at radius 1 is 1.34 bits per heavy atom. The second-order valence-electron chi connectivity index (χ2n) is 11.1. The van der Waals surface area contributed by atoms with Crippen LogP contribution >= 0.6 is 0 Å². The van der Waals surface area contributed by atoms with Crippen LogP contribution in [0.25, 0.3) is 0 Å². The van der Waals surface area contributed by atoms with E-state index in [1.807, 2.05) is 13.8 Å². The number of carbonyl (C=O) groups excluding carboxylic acids is 1. The third kappa shape index (κ3) is 10.2. The van der Waals surface area contributed by atoms with E-state index in [1.54, 1.807) is 0 Å². The largest absolute Gasteiger partial charge is 0.457 e. The Bertz CT molecular complexity index is 741. The summed E-state index contributed by atoms with van der Waals surface area (Å²) in [6.07, 6.45) is 15.8. The van der Waals surface area contributed by atoms with E-state index in [0.29, 0.717) is 43.5 Å². The molecule has 1 N–H and O–H groups in total. The summed E-state index contributed by atoms with van der Waals surface area (Å²) in [6, 6.07) is 0. The summed E-state index contributed by atoms with van der Waals surface area (Å²) < 4.78 is 17.8. The predicted molar refractivity (Wildman–Crippen MR) is 142 cm³/mol. The van der Waals surface area contributed by atoms with Crippen LogP contribution in [0.2, 0.25) is 0 Å². The van der Waals surface area contributed by atoms with Gasteiger partial charge in [-0.3, -0.25) is 4.79 Å². The second-order valence-corrected chi connectivity index (χ2v) is 11.1. The van der Waals surface area contributed by atoms with E-state index in [2.05, 4.69) is 65.0 Å². The van der Waals surface area contributed by atoms with Crippen molar-refractivity contribution in [2.24, 2.45) is 17.8 Å². The standard InChI is InChI=1S/C30H50O5/c1-8-12-22(4)29-26(34-29)19-21(3)13-10-14-23(5)28-24(6)15-11-17-30(7,33-9-2)18-16-25(31)20-27(32)35-28/h10-11,13-15,21-22,24-26,28-29,31H,8-9,12,16-20H2,1-7H3/b13-10+,15-11+,23-14+/t21-,22-,24+,25-,26-,28-,29-,30+/m1/s1. The summed E-state index contributed by atoms with van der Waals surface area (Å²) in [6.45, 7) is 15.5. The molecule has 0 radical (unpaired) electrons. The van der Waals surface area contributed by atoms with Crippen LogP contribution in [0.5, 0.6) is 0 Å². The van der Waals surface area contributed by atoms with Gasteiger partial charge in [-0.25, -0.2) is 0 Å². The highest BCUT2D eigenvalue weighted by Gasteiger charge is 2.42. The van der Waals surface area contributed by atoms with E-state index < -0.39 is 6.10 Å². The van der Waals surface area contributed by atoms with Crippen molar-refractivity contribution in [3.05, 3.63) is 36.0 Å². The number of cyclic esters (lactones) is 1. The summed E-state index contributed by atoms with van der Waals surface area (Å²) in [5, 5.41) is 10.4. The van der Waals surface area contributed by atoms with Crippen molar-refractivity contribution in [2.45, 2.75) is 123 Å². The topological polar surface area (TPSA) is 68.3 Å². The molecule has 0 saturated carbocycles. The first-order valence-corrected chi connectivity index (χ1v) is 13.8. The molecule has 5 heteroatoms. The lowest BCUT2D eigenvalue weighted by Crippen LogP contribution is -2.32. The van der Waals surface area contributed by atoms with Crippen LogP contribution in [0.15, 0.2) is 36.0 Å². The molecule has 2 aliphatic heterocycles. The van der Waals surface area contributed by atoms with Crippen molar-refractivity contribution >= 4 is 5.97 Å². The molecule has 0 aromatic heterocycles. The summed E-state index contributed by atoms with van der Waals surface area (Å²) in [4.78, 5) is 12.6. The van der Waals surface area contributed by atoms with Crippen LogP contribution in [-0.2, 0) is 19.0 Å². The highest BCUT2D eigenvalue weighted by Crippen LogP contribution is 2.36. The smallest absolute Gasteiger partial charge is 0.309 e. The fourth-order valence-electron chi connectivity index (χ4n) is 5.19. The Morgan fingerprint density at radius 2 is 2.09 bits per heavy atom. The number of ether oxygens (including phenoxy) is 3. The highest BCUT2D eigenvalue weighted by molar-refractivity contribution is 5.70. The maximum atomic E-state index is 12.6. The Labute approximate surface area is 214 Å². The third-order valence-corrected chi connectivity index (χ3v) is 7.40. The molecule has 0 aliphatic carbocycles. The maximum absolute atomic E-state index is 12.6. The molecule has 0 aromatic carbocycles. The summed E-state index contributed by atoms with van der Waals surface area (Å²) in [5.41, 5.74) is 0.655. The van der Waals surface area contributed by atoms with Gasteiger partial charge in [0.15, 0.2) is 0 Å². The number of epoxide rings is 1. The van der Waals surface area contributed by atoms with Crippen molar-refractivity contribution in [3.8, 4) is 0 Å². The summed E-state index contributed by atoms with van der Waals surface area (Å²) in [7, 11) is 0. The minimum atomic E-state index is -0.722. The quantitative estimate of drug-likeness (QED) is 0.163. The first kappa shape index (κ1) is 29.8. The number of hydrogen-bond acceptors (Lipinski definition) is 5. The summed E-state index contributed by atoms with van der Waals surface area (Å²) in [5.74, 6) is 0.720. The number of allylic oxidation sites excluding steroid dienone is 3. The number of aliphatic hydroxyl groups is 1. The Balaban J connectivity index is 2.03. The number of carbonyl (C=O) groups is 1. The monoisotopic (exact) mass is 490 g/mol. The fourth-order valence-corrected chi connectivity index (χ4v) is 5.19. The Morgan fingerprint density at radius 3 is 2.77 bits per heavy atom. The first-order valence-electron chi connectivity index (χ1n) is 13.8. The van der Waals surface area contributed by atoms with Gasteiger partial charge in [0.05, 0.1) is 30.3 Å². The molecule has 0 amide bonds. The van der Waals surface area contributed by atoms with Gasteiger partial charge in [0.1, 0.15) is 6.10 Å². The van der Waals surface area contributed by atoms with Crippen LogP contribution in [-0.4, -0.2) is 47.7 Å². The van der Waals surface area contributed by atoms with Crippen molar-refractivity contribution in [3.63, 3.8) is 0 Å². The molecule has 2 heterocycles. The van der Waals surface area contributed by atoms with Crippen LogP contribution in [0, 0.1) is 17.8 Å². The molecule has 2 rings (SSSR count). The molecule has 0 aromatic rings. The van der Waals surface area contributed by atoms with Gasteiger partial charge in [-0.1, -0.05) is 64.5 Å². The molecule has 35 heavy (non-hydrogen) atoms. The highest BCUT2D eigenvalue weighted by atomic mass is 16.6. The lowest BCUT2D eigenvalue weighted by Gasteiger charge is -2.31. The lowest BCUT2D eigenvalue weighted by atomic mass is 9.90. The molecule has 1 fully saturated rings. The zero-order valence-corrected chi connectivity index (χ0v) is 23.2. The van der Waals surface area contributed by atoms with Crippen molar-refractivity contribution in [1.29, 1.82) is 0 Å². The number of esters is 1. The first-order chi connectivity index (χ1) is 16.6. The van der Waals surface area contributed by atoms with Gasteiger partial charge in [-0.15, -0.1) is 0 Å². The average molecular weight is 491 g/mol. The SMILES string of the molecule is CCC[C@@H](C)[C@H]1O[C@@H]1C[C@H](C)/C=C/C=C(\C)[C@H]1OC(=O)C[C@H](O)CC[C@@](C)(OCC)C/C=C/[C@@H]1C. The van der Waals surface area contributed by atoms with Crippen LogP contribution in [0.1, 0.15) is 93.4 Å². The zero-order valence-electron chi connectivity index (χ0n) is 23.2. The van der Waals surface area contributed by atoms with E-state index in [-0.39, 0.29) is 30.0 Å². The van der Waals surface area contributed by atoms with Gasteiger partial charge >= 0.3 is 5.97 Å². The Kier molecular flexibility index (Phi) is 12.2. The van der Waals surface area contributed by atoms with Crippen LogP contribution in [0.4, 0.5) is 0 Å². The molecule has 0 spiro atoms. The third-order valence-electron chi connectivity index (χ3n) is 7.40. The molecule has 8 atom stereocenters. The molecular formula is C30H50O5. The average Bonchev–Trinajstić information content (AvgIpc) is 3.54. The zero-order chi connectivity index (χ0) is 26.0. The van der Waals surface area contributed by atoms with Crippen molar-refractivity contribution < 1.29 is 24.1 Å². The van der Waals surface area contributed by atoms with Crippen LogP contribution in [0.3, 0.4) is 0 Å². The molecular weight excluding hydrogens is 440 g/mol. The molecule has 2 aliphatic rings. The Hall–Kier alpha value is -1.43. The number of aliphatic hydroxyl groups excluding tert-OH is 1. The summed E-state index contributed by atoms with van der Waals surface area (Å²) >= 11 is 0. The van der Waals surface area contributed by atoms with Gasteiger partial charge < -0.3 is 19.3 Å². The van der Waals surface area contributed by atoms with E-state index in [1.165, 1.54) is 12.8 Å². The maximum Gasteiger partial charge on any atom is 0.309 e. The second kappa shape index (κ2) is 14.3. The molecule has 0 unspecified atom stereocenters. The minimum Gasteiger partial charge on any atom is -0.457 e. The van der Waals surface area contributed by atoms with Crippen LogP contribution < -0.4 is 0 Å². The van der Waals surface area contributed by atoms with Gasteiger partial charge in [-0.05, 0) is 70.3 Å². The molecule has 0 bridgehead atoms. The van der Waals surface area contributed by atoms with Gasteiger partial charge in [0.2, 0.25) is 0 Å². The van der Waals surface area contributed by atoms with E-state index in [9.17, 15) is 9.90 Å². The van der Waals surface area contributed by atoms with Gasteiger partial charge in [0, 0.05) is 12.5 Å². The van der Waals surface area contributed by atoms with E-state index >= 15 is 0 Å². The normalized spacial score (nSPS) is 35.6. The van der Waals surface area contributed by atoms with Gasteiger partial charge in [-0.2, -0.15) is 0 Å². The minimum absolute atomic E-state index is 0.00824. The molecule has 1 saturated heterocycles. The van der Waals surface area contributed by atoms with Crippen molar-refractivity contribution in [1.82, 2.24) is 0 Å². The van der Waals surface area contributed by atoms with E-state index in [4.69, 9.17) is 14.2 Å². The number of hydrogen-bond donors (Lipinski definition) is 1. The van der Waals surface area contributed by atoms with E-state index in [0.717, 1.165) is 18.4 Å². The lowest BCUT2D eigenvalue weighted by molar-refractivity contribution is -0.151. The fraction of sp³-hybridized carbons (Fsp3) is 0.767. The molecule has 200 valence electrons. The van der Waals surface area contributed by atoms with Gasteiger partial charge in [0.25, 0.3) is 0 Å². The van der Waals surface area contributed by atoms with Crippen molar-refractivity contribution in [2.75, 3.05) is 6.61 Å². The predicted octanol–water partition coefficient (Wildman–Crippen LogP) is 6.55.